The first-order valence-corrected chi connectivity index (χ1v) is 7.18. The van der Waals surface area contributed by atoms with Crippen LogP contribution in [0.3, 0.4) is 0 Å². The average molecular weight is 356 g/mol. The van der Waals surface area contributed by atoms with Crippen LogP contribution in [0.25, 0.3) is 0 Å². The van der Waals surface area contributed by atoms with Gasteiger partial charge < -0.3 is 11.1 Å². The number of rotatable bonds is 3. The summed E-state index contributed by atoms with van der Waals surface area (Å²) < 4.78 is 0.812. The first-order valence-electron chi connectivity index (χ1n) is 5.60. The molecule has 5 heteroatoms. The quantitative estimate of drug-likeness (QED) is 0.778. The largest absolute Gasteiger partial charge is 0.389 e. The molecule has 0 bridgehead atoms. The summed E-state index contributed by atoms with van der Waals surface area (Å²) in [5.74, 6) is 0. The van der Waals surface area contributed by atoms with Gasteiger partial charge in [-0.1, -0.05) is 36.0 Å². The van der Waals surface area contributed by atoms with Crippen molar-refractivity contribution in [3.8, 4) is 0 Å². The number of hydrogen-bond acceptors (Lipinski definition) is 2. The van der Waals surface area contributed by atoms with Gasteiger partial charge in [0.1, 0.15) is 4.99 Å². The van der Waals surface area contributed by atoms with Gasteiger partial charge >= 0.3 is 0 Å². The van der Waals surface area contributed by atoms with Gasteiger partial charge in [0.2, 0.25) is 0 Å². The van der Waals surface area contributed by atoms with Gasteiger partial charge in [-0.15, -0.1) is 0 Å². The Hall–Kier alpha value is -1.10. The maximum Gasteiger partial charge on any atom is 0.106 e. The smallest absolute Gasteiger partial charge is 0.106 e. The number of hydrogen-bond donors (Lipinski definition) is 2. The zero-order chi connectivity index (χ0) is 14.0. The van der Waals surface area contributed by atoms with Crippen molar-refractivity contribution in [3.05, 3.63) is 57.0 Å². The summed E-state index contributed by atoms with van der Waals surface area (Å²) in [6, 6.07) is 11.5. The van der Waals surface area contributed by atoms with E-state index < -0.39 is 0 Å². The number of anilines is 2. The fourth-order valence-electron chi connectivity index (χ4n) is 1.72. The normalized spacial score (nSPS) is 10.3. The van der Waals surface area contributed by atoms with Gasteiger partial charge in [0.25, 0.3) is 0 Å². The van der Waals surface area contributed by atoms with Gasteiger partial charge in [-0.05, 0) is 52.7 Å². The Bertz CT molecular complexity index is 643. The maximum atomic E-state index is 6.08. The zero-order valence-corrected chi connectivity index (χ0v) is 13.4. The van der Waals surface area contributed by atoms with Crippen LogP contribution in [-0.4, -0.2) is 4.99 Å². The van der Waals surface area contributed by atoms with E-state index in [2.05, 4.69) is 21.2 Å². The van der Waals surface area contributed by atoms with Crippen LogP contribution in [0.2, 0.25) is 5.02 Å². The lowest BCUT2D eigenvalue weighted by Gasteiger charge is -2.14. The molecule has 0 fully saturated rings. The SMILES string of the molecule is Cc1ccc(C(N)=S)c(Nc2cccc(Cl)c2Br)c1. The lowest BCUT2D eigenvalue weighted by molar-refractivity contribution is 1.43. The van der Waals surface area contributed by atoms with Crippen LogP contribution < -0.4 is 11.1 Å². The highest BCUT2D eigenvalue weighted by molar-refractivity contribution is 9.10. The minimum atomic E-state index is 0.362. The number of halogens is 2. The Morgan fingerprint density at radius 1 is 1.26 bits per heavy atom. The Kier molecular flexibility index (Phi) is 4.45. The lowest BCUT2D eigenvalue weighted by atomic mass is 10.1. The number of aryl methyl sites for hydroxylation is 1. The molecule has 0 unspecified atom stereocenters. The molecular formula is C14H12BrClN2S. The molecule has 2 aromatic carbocycles. The van der Waals surface area contributed by atoms with Crippen molar-refractivity contribution in [1.82, 2.24) is 0 Å². The monoisotopic (exact) mass is 354 g/mol. The Labute approximate surface area is 131 Å². The second kappa shape index (κ2) is 5.90. The summed E-state index contributed by atoms with van der Waals surface area (Å²) >= 11 is 14.6. The van der Waals surface area contributed by atoms with E-state index in [1.54, 1.807) is 0 Å². The highest BCUT2D eigenvalue weighted by Crippen LogP contribution is 2.33. The molecule has 98 valence electrons. The zero-order valence-electron chi connectivity index (χ0n) is 10.2. The Morgan fingerprint density at radius 3 is 2.68 bits per heavy atom. The van der Waals surface area contributed by atoms with Crippen molar-refractivity contribution in [2.45, 2.75) is 6.92 Å². The molecular weight excluding hydrogens is 344 g/mol. The van der Waals surface area contributed by atoms with E-state index in [0.717, 1.165) is 27.0 Å². The minimum Gasteiger partial charge on any atom is -0.389 e. The van der Waals surface area contributed by atoms with Crippen LogP contribution in [0.15, 0.2) is 40.9 Å². The molecule has 0 spiro atoms. The second-order valence-corrected chi connectivity index (χ2v) is 5.78. The van der Waals surface area contributed by atoms with Crippen LogP contribution in [0.5, 0.6) is 0 Å². The van der Waals surface area contributed by atoms with Crippen molar-refractivity contribution in [2.24, 2.45) is 5.73 Å². The summed E-state index contributed by atoms with van der Waals surface area (Å²) in [4.78, 5) is 0.362. The van der Waals surface area contributed by atoms with Crippen LogP contribution in [0, 0.1) is 6.92 Å². The van der Waals surface area contributed by atoms with Crippen LogP contribution in [0.4, 0.5) is 11.4 Å². The molecule has 2 rings (SSSR count). The van der Waals surface area contributed by atoms with Crippen molar-refractivity contribution < 1.29 is 0 Å². The van der Waals surface area contributed by atoms with Gasteiger partial charge in [-0.2, -0.15) is 0 Å². The molecule has 0 radical (unpaired) electrons. The van der Waals surface area contributed by atoms with Crippen LogP contribution >= 0.6 is 39.7 Å². The van der Waals surface area contributed by atoms with Crippen molar-refractivity contribution in [2.75, 3.05) is 5.32 Å². The molecule has 0 saturated carbocycles. The van der Waals surface area contributed by atoms with Crippen LogP contribution in [0.1, 0.15) is 11.1 Å². The van der Waals surface area contributed by atoms with Gasteiger partial charge in [0.15, 0.2) is 0 Å². The lowest BCUT2D eigenvalue weighted by Crippen LogP contribution is -2.12. The van der Waals surface area contributed by atoms with Crippen molar-refractivity contribution in [1.29, 1.82) is 0 Å². The highest BCUT2D eigenvalue weighted by Gasteiger charge is 2.09. The van der Waals surface area contributed by atoms with E-state index in [4.69, 9.17) is 29.6 Å². The highest BCUT2D eigenvalue weighted by atomic mass is 79.9. The molecule has 2 aromatic rings. The van der Waals surface area contributed by atoms with Gasteiger partial charge in [-0.3, -0.25) is 0 Å². The third-order valence-corrected chi connectivity index (χ3v) is 4.28. The number of benzene rings is 2. The van der Waals surface area contributed by atoms with Gasteiger partial charge in [0, 0.05) is 11.3 Å². The summed E-state index contributed by atoms with van der Waals surface area (Å²) in [5.41, 5.74) is 9.42. The fraction of sp³-hybridized carbons (Fsp3) is 0.0714. The predicted molar refractivity (Wildman–Crippen MR) is 89.5 cm³/mol. The number of nitrogens with one attached hydrogen (secondary N) is 1. The van der Waals surface area contributed by atoms with Crippen molar-refractivity contribution in [3.63, 3.8) is 0 Å². The molecule has 0 aliphatic carbocycles. The molecule has 0 aromatic heterocycles. The predicted octanol–water partition coefficient (Wildman–Crippen LogP) is 4.79. The van der Waals surface area contributed by atoms with E-state index >= 15 is 0 Å². The molecule has 0 aliphatic rings. The van der Waals surface area contributed by atoms with Crippen molar-refractivity contribution >= 4 is 56.1 Å². The Morgan fingerprint density at radius 2 is 2.00 bits per heavy atom. The maximum absolute atomic E-state index is 6.08. The van der Waals surface area contributed by atoms with E-state index in [1.165, 1.54) is 0 Å². The summed E-state index contributed by atoms with van der Waals surface area (Å²) in [7, 11) is 0. The summed E-state index contributed by atoms with van der Waals surface area (Å²) in [5, 5.41) is 3.95. The van der Waals surface area contributed by atoms with E-state index in [-0.39, 0.29) is 0 Å². The van der Waals surface area contributed by atoms with Gasteiger partial charge in [0.05, 0.1) is 15.2 Å². The molecule has 0 amide bonds. The molecule has 0 heterocycles. The van der Waals surface area contributed by atoms with E-state index in [1.807, 2.05) is 43.3 Å². The number of thiocarbonyl (C=S) groups is 1. The average Bonchev–Trinajstić information content (AvgIpc) is 2.35. The molecule has 2 nitrogen and oxygen atoms in total. The van der Waals surface area contributed by atoms with E-state index in [9.17, 15) is 0 Å². The van der Waals surface area contributed by atoms with Gasteiger partial charge in [-0.25, -0.2) is 0 Å². The third kappa shape index (κ3) is 3.26. The molecule has 0 atom stereocenters. The Balaban J connectivity index is 2.45. The molecule has 0 aliphatic heterocycles. The first kappa shape index (κ1) is 14.3. The summed E-state index contributed by atoms with van der Waals surface area (Å²) in [6.07, 6.45) is 0. The summed E-state index contributed by atoms with van der Waals surface area (Å²) in [6.45, 7) is 2.02. The van der Waals surface area contributed by atoms with E-state index in [0.29, 0.717) is 10.0 Å². The molecule has 3 N–H and O–H groups in total. The standard InChI is InChI=1S/C14H12BrClN2S/c1-8-5-6-9(14(17)19)12(7-8)18-11-4-2-3-10(16)13(11)15/h2-7,18H,1H3,(H2,17,19). The molecule has 0 saturated heterocycles. The number of nitrogens with two attached hydrogens (primary N) is 1. The fourth-order valence-corrected chi connectivity index (χ4v) is 2.44. The minimum absolute atomic E-state index is 0.362. The molecule has 19 heavy (non-hydrogen) atoms. The topological polar surface area (TPSA) is 38.0 Å². The third-order valence-electron chi connectivity index (χ3n) is 2.66. The second-order valence-electron chi connectivity index (χ2n) is 4.14. The first-order chi connectivity index (χ1) is 8.99. The van der Waals surface area contributed by atoms with Crippen LogP contribution in [-0.2, 0) is 0 Å².